The van der Waals surface area contributed by atoms with Gasteiger partial charge in [0.05, 0.1) is 5.69 Å². The summed E-state index contributed by atoms with van der Waals surface area (Å²) in [5.41, 5.74) is 11.0. The fourth-order valence-electron chi connectivity index (χ4n) is 3.40. The van der Waals surface area contributed by atoms with Gasteiger partial charge in [-0.15, -0.1) is 0 Å². The van der Waals surface area contributed by atoms with E-state index in [0.717, 1.165) is 23.2 Å². The Kier molecular flexibility index (Phi) is 6.99. The quantitative estimate of drug-likeness (QED) is 0.319. The van der Waals surface area contributed by atoms with Crippen LogP contribution in [-0.2, 0) is 0 Å². The third-order valence-corrected chi connectivity index (χ3v) is 4.94. The topological polar surface area (TPSA) is 91.0 Å². The van der Waals surface area contributed by atoms with E-state index in [2.05, 4.69) is 24.5 Å². The van der Waals surface area contributed by atoms with Crippen molar-refractivity contribution in [2.24, 2.45) is 0 Å². The van der Waals surface area contributed by atoms with E-state index in [4.69, 9.17) is 11.1 Å². The second kappa shape index (κ2) is 9.85. The lowest BCUT2D eigenvalue weighted by Crippen LogP contribution is -2.28. The first-order valence-electron chi connectivity index (χ1n) is 10.2. The van der Waals surface area contributed by atoms with Gasteiger partial charge in [-0.2, -0.15) is 0 Å². The van der Waals surface area contributed by atoms with Crippen molar-refractivity contribution in [1.82, 2.24) is 5.32 Å². The van der Waals surface area contributed by atoms with Crippen LogP contribution in [0.15, 0.2) is 72.8 Å². The van der Waals surface area contributed by atoms with Gasteiger partial charge in [0.2, 0.25) is 0 Å². The summed E-state index contributed by atoms with van der Waals surface area (Å²) in [6.07, 6.45) is 0.642. The molecule has 154 valence electrons. The number of hydrogen-bond donors (Lipinski definition) is 4. The Bertz CT molecular complexity index is 1010. The Labute approximate surface area is 177 Å². The molecular formula is C25H28N4O. The molecule has 0 saturated heterocycles. The first-order chi connectivity index (χ1) is 14.5. The number of carbonyl (C=O) groups is 1. The minimum Gasteiger partial charge on any atom is -0.399 e. The zero-order valence-electron chi connectivity index (χ0n) is 17.4. The molecular weight excluding hydrogens is 372 g/mol. The third kappa shape index (κ3) is 5.33. The highest BCUT2D eigenvalue weighted by atomic mass is 16.1. The SMILES string of the molecule is CCN[C@H](C)CC(=N)c1ccc(C(=O)Nc2cc(N)ccc2-c2ccccc2)cc1. The molecule has 3 aromatic rings. The van der Waals surface area contributed by atoms with Crippen LogP contribution >= 0.6 is 0 Å². The van der Waals surface area contributed by atoms with Gasteiger partial charge in [-0.05, 0) is 48.9 Å². The Hall–Kier alpha value is -3.44. The summed E-state index contributed by atoms with van der Waals surface area (Å²) >= 11 is 0. The summed E-state index contributed by atoms with van der Waals surface area (Å²) in [4.78, 5) is 12.8. The van der Waals surface area contributed by atoms with Crippen molar-refractivity contribution in [1.29, 1.82) is 5.41 Å². The van der Waals surface area contributed by atoms with E-state index in [-0.39, 0.29) is 11.9 Å². The van der Waals surface area contributed by atoms with E-state index in [1.165, 1.54) is 0 Å². The van der Waals surface area contributed by atoms with Crippen LogP contribution in [0.4, 0.5) is 11.4 Å². The normalized spacial score (nSPS) is 11.7. The lowest BCUT2D eigenvalue weighted by Gasteiger charge is -2.14. The monoisotopic (exact) mass is 400 g/mol. The second-order valence-electron chi connectivity index (χ2n) is 7.34. The van der Waals surface area contributed by atoms with E-state index >= 15 is 0 Å². The van der Waals surface area contributed by atoms with E-state index in [1.807, 2.05) is 54.6 Å². The number of amides is 1. The van der Waals surface area contributed by atoms with Gasteiger partial charge in [-0.1, -0.05) is 55.5 Å². The first kappa shape index (κ1) is 21.3. The minimum absolute atomic E-state index is 0.211. The molecule has 0 spiro atoms. The lowest BCUT2D eigenvalue weighted by molar-refractivity contribution is 0.102. The number of hydrogen-bond acceptors (Lipinski definition) is 4. The highest BCUT2D eigenvalue weighted by Crippen LogP contribution is 2.30. The Morgan fingerprint density at radius 2 is 1.67 bits per heavy atom. The van der Waals surface area contributed by atoms with Crippen LogP contribution in [0, 0.1) is 5.41 Å². The minimum atomic E-state index is -0.211. The number of carbonyl (C=O) groups excluding carboxylic acids is 1. The Balaban J connectivity index is 1.76. The summed E-state index contributed by atoms with van der Waals surface area (Å²) in [7, 11) is 0. The molecule has 0 fully saturated rings. The molecule has 0 aliphatic heterocycles. The van der Waals surface area contributed by atoms with Gasteiger partial charge in [0, 0.05) is 35.0 Å². The number of benzene rings is 3. The average molecular weight is 401 g/mol. The third-order valence-electron chi connectivity index (χ3n) is 4.94. The van der Waals surface area contributed by atoms with E-state index in [1.54, 1.807) is 18.2 Å². The fraction of sp³-hybridized carbons (Fsp3) is 0.200. The van der Waals surface area contributed by atoms with Gasteiger partial charge >= 0.3 is 0 Å². The molecule has 0 radical (unpaired) electrons. The summed E-state index contributed by atoms with van der Waals surface area (Å²) < 4.78 is 0. The molecule has 3 aromatic carbocycles. The summed E-state index contributed by atoms with van der Waals surface area (Å²) in [5.74, 6) is -0.211. The fourth-order valence-corrected chi connectivity index (χ4v) is 3.40. The molecule has 0 aliphatic rings. The summed E-state index contributed by atoms with van der Waals surface area (Å²) in [5, 5.41) is 14.6. The maximum absolute atomic E-state index is 12.8. The number of nitrogen functional groups attached to an aromatic ring is 1. The van der Waals surface area contributed by atoms with Gasteiger partial charge in [-0.25, -0.2) is 0 Å². The Morgan fingerprint density at radius 1 is 1.00 bits per heavy atom. The predicted molar refractivity (Wildman–Crippen MR) is 125 cm³/mol. The van der Waals surface area contributed by atoms with E-state index < -0.39 is 0 Å². The molecule has 1 amide bonds. The highest BCUT2D eigenvalue weighted by Gasteiger charge is 2.12. The van der Waals surface area contributed by atoms with E-state index in [0.29, 0.717) is 29.1 Å². The van der Waals surface area contributed by atoms with Crippen molar-refractivity contribution in [3.8, 4) is 11.1 Å². The second-order valence-corrected chi connectivity index (χ2v) is 7.34. The molecule has 30 heavy (non-hydrogen) atoms. The molecule has 0 saturated carbocycles. The molecule has 0 aromatic heterocycles. The van der Waals surface area contributed by atoms with Crippen LogP contribution in [-0.4, -0.2) is 24.2 Å². The maximum atomic E-state index is 12.8. The number of rotatable bonds is 8. The van der Waals surface area contributed by atoms with Gasteiger partial charge in [0.15, 0.2) is 0 Å². The van der Waals surface area contributed by atoms with Gasteiger partial charge < -0.3 is 21.8 Å². The molecule has 0 unspecified atom stereocenters. The van der Waals surface area contributed by atoms with Crippen LogP contribution in [0.2, 0.25) is 0 Å². The molecule has 0 bridgehead atoms. The molecule has 0 heterocycles. The van der Waals surface area contributed by atoms with Crippen LogP contribution in [0.1, 0.15) is 36.2 Å². The molecule has 3 rings (SSSR count). The smallest absolute Gasteiger partial charge is 0.255 e. The molecule has 5 nitrogen and oxygen atoms in total. The average Bonchev–Trinajstić information content (AvgIpc) is 2.74. The molecule has 5 N–H and O–H groups in total. The van der Waals surface area contributed by atoms with Crippen molar-refractivity contribution in [3.63, 3.8) is 0 Å². The van der Waals surface area contributed by atoms with Crippen molar-refractivity contribution < 1.29 is 4.79 Å². The first-order valence-corrected chi connectivity index (χ1v) is 10.2. The lowest BCUT2D eigenvalue weighted by atomic mass is 10.0. The van der Waals surface area contributed by atoms with Gasteiger partial charge in [0.1, 0.15) is 0 Å². The maximum Gasteiger partial charge on any atom is 0.255 e. The number of nitrogens with two attached hydrogens (primary N) is 1. The van der Waals surface area contributed by atoms with Crippen molar-refractivity contribution in [3.05, 3.63) is 83.9 Å². The van der Waals surface area contributed by atoms with Crippen LogP contribution in [0.5, 0.6) is 0 Å². The van der Waals surface area contributed by atoms with Gasteiger partial charge in [0.25, 0.3) is 5.91 Å². The molecule has 5 heteroatoms. The molecule has 0 aliphatic carbocycles. The van der Waals surface area contributed by atoms with Crippen LogP contribution < -0.4 is 16.4 Å². The largest absolute Gasteiger partial charge is 0.399 e. The van der Waals surface area contributed by atoms with Crippen LogP contribution in [0.25, 0.3) is 11.1 Å². The molecule has 1 atom stereocenters. The number of anilines is 2. The number of nitrogens with one attached hydrogen (secondary N) is 3. The zero-order chi connectivity index (χ0) is 21.5. The van der Waals surface area contributed by atoms with Gasteiger partial charge in [-0.3, -0.25) is 4.79 Å². The summed E-state index contributed by atoms with van der Waals surface area (Å²) in [6.45, 7) is 5.00. The zero-order valence-corrected chi connectivity index (χ0v) is 17.4. The van der Waals surface area contributed by atoms with Crippen molar-refractivity contribution >= 4 is 23.0 Å². The standard InChI is InChI=1S/C25H28N4O/c1-3-28-17(2)15-23(27)19-9-11-20(12-10-19)25(30)29-24-16-21(26)13-14-22(24)18-7-5-4-6-8-18/h4-14,16-17,27-28H,3,15,26H2,1-2H3,(H,29,30)/t17-/m1/s1. The highest BCUT2D eigenvalue weighted by molar-refractivity contribution is 6.07. The van der Waals surface area contributed by atoms with Crippen LogP contribution in [0.3, 0.4) is 0 Å². The Morgan fingerprint density at radius 3 is 2.33 bits per heavy atom. The summed E-state index contributed by atoms with van der Waals surface area (Å²) in [6, 6.07) is 22.8. The predicted octanol–water partition coefficient (Wildman–Crippen LogP) is 4.94. The van der Waals surface area contributed by atoms with E-state index in [9.17, 15) is 4.79 Å². The van der Waals surface area contributed by atoms with Crippen molar-refractivity contribution in [2.75, 3.05) is 17.6 Å². The van der Waals surface area contributed by atoms with Crippen molar-refractivity contribution in [2.45, 2.75) is 26.3 Å².